The van der Waals surface area contributed by atoms with Gasteiger partial charge in [-0.3, -0.25) is 4.90 Å². The topological polar surface area (TPSA) is 28.4 Å². The number of aryl methyl sites for hydroxylation is 1. The van der Waals surface area contributed by atoms with Crippen molar-refractivity contribution in [2.75, 3.05) is 13.1 Å². The first-order chi connectivity index (χ1) is 13.7. The Hall–Kier alpha value is -2.07. The smallest absolute Gasteiger partial charge is 0.134 e. The summed E-state index contributed by atoms with van der Waals surface area (Å²) in [7, 11) is 0. The van der Waals surface area contributed by atoms with Crippen LogP contribution in [0.2, 0.25) is 5.02 Å². The highest BCUT2D eigenvalue weighted by atomic mass is 35.5. The molecule has 0 unspecified atom stereocenters. The number of halogens is 1. The van der Waals surface area contributed by atoms with E-state index in [1.54, 1.807) is 0 Å². The van der Waals surface area contributed by atoms with Crippen LogP contribution in [0.3, 0.4) is 0 Å². The third kappa shape index (κ3) is 4.85. The molecule has 4 rings (SSSR count). The van der Waals surface area contributed by atoms with Crippen LogP contribution < -0.4 is 5.32 Å². The summed E-state index contributed by atoms with van der Waals surface area (Å²) in [5.74, 6) is 1.84. The monoisotopic (exact) mass is 394 g/mol. The van der Waals surface area contributed by atoms with Crippen molar-refractivity contribution in [3.63, 3.8) is 0 Å². The molecule has 0 aliphatic carbocycles. The number of rotatable bonds is 6. The molecule has 146 valence electrons. The quantitative estimate of drug-likeness (QED) is 0.584. The van der Waals surface area contributed by atoms with Gasteiger partial charge in [-0.15, -0.1) is 0 Å². The number of hydrogen-bond acceptors (Lipinski definition) is 3. The molecule has 2 heterocycles. The zero-order valence-corrected chi connectivity index (χ0v) is 17.1. The lowest BCUT2D eigenvalue weighted by Gasteiger charge is -2.32. The molecule has 0 amide bonds. The number of hydrogen-bond donors (Lipinski definition) is 1. The summed E-state index contributed by atoms with van der Waals surface area (Å²) in [6, 6.07) is 21.4. The molecule has 0 saturated carbocycles. The zero-order chi connectivity index (χ0) is 19.3. The molecule has 1 aromatic heterocycles. The number of nitrogens with one attached hydrogen (secondary N) is 1. The second kappa shape index (κ2) is 8.95. The van der Waals surface area contributed by atoms with Gasteiger partial charge in [-0.05, 0) is 62.2 Å². The minimum absolute atomic E-state index is 0.550. The van der Waals surface area contributed by atoms with Gasteiger partial charge in [-0.2, -0.15) is 0 Å². The van der Waals surface area contributed by atoms with Crippen molar-refractivity contribution in [1.29, 1.82) is 0 Å². The van der Waals surface area contributed by atoms with Crippen molar-refractivity contribution in [2.45, 2.75) is 38.9 Å². The summed E-state index contributed by atoms with van der Waals surface area (Å²) in [4.78, 5) is 2.54. The van der Waals surface area contributed by atoms with E-state index < -0.39 is 0 Å². The van der Waals surface area contributed by atoms with E-state index in [0.29, 0.717) is 6.04 Å². The SMILES string of the molecule is Cc1ccc(-c2ccc(CNC3CCN(Cc4ccccc4)CC3)o2)cc1Cl. The lowest BCUT2D eigenvalue weighted by molar-refractivity contribution is 0.189. The van der Waals surface area contributed by atoms with Gasteiger partial charge in [0.2, 0.25) is 0 Å². The Kier molecular flexibility index (Phi) is 6.16. The minimum Gasteiger partial charge on any atom is -0.460 e. The van der Waals surface area contributed by atoms with Gasteiger partial charge in [0, 0.05) is 23.2 Å². The van der Waals surface area contributed by atoms with Gasteiger partial charge in [-0.1, -0.05) is 54.1 Å². The van der Waals surface area contributed by atoms with Gasteiger partial charge in [0.25, 0.3) is 0 Å². The molecule has 2 aromatic carbocycles. The maximum Gasteiger partial charge on any atom is 0.134 e. The van der Waals surface area contributed by atoms with E-state index in [1.807, 2.05) is 25.1 Å². The van der Waals surface area contributed by atoms with Crippen LogP contribution in [0.5, 0.6) is 0 Å². The number of piperidine rings is 1. The molecular weight excluding hydrogens is 368 g/mol. The largest absolute Gasteiger partial charge is 0.460 e. The molecule has 1 fully saturated rings. The van der Waals surface area contributed by atoms with Crippen LogP contribution in [-0.2, 0) is 13.1 Å². The van der Waals surface area contributed by atoms with Crippen LogP contribution in [-0.4, -0.2) is 24.0 Å². The van der Waals surface area contributed by atoms with E-state index in [1.165, 1.54) is 18.4 Å². The molecule has 0 atom stereocenters. The molecular formula is C24H27ClN2O. The molecule has 0 radical (unpaired) electrons. The summed E-state index contributed by atoms with van der Waals surface area (Å²) >= 11 is 6.24. The molecule has 4 heteroatoms. The zero-order valence-electron chi connectivity index (χ0n) is 16.3. The third-order valence-corrected chi connectivity index (χ3v) is 5.93. The van der Waals surface area contributed by atoms with Crippen molar-refractivity contribution in [1.82, 2.24) is 10.2 Å². The first-order valence-electron chi connectivity index (χ1n) is 10.0. The third-order valence-electron chi connectivity index (χ3n) is 5.52. The van der Waals surface area contributed by atoms with Crippen molar-refractivity contribution < 1.29 is 4.42 Å². The molecule has 28 heavy (non-hydrogen) atoms. The number of furan rings is 1. The molecule has 0 bridgehead atoms. The maximum absolute atomic E-state index is 6.24. The molecule has 1 N–H and O–H groups in total. The fraction of sp³-hybridized carbons (Fsp3) is 0.333. The van der Waals surface area contributed by atoms with Gasteiger partial charge < -0.3 is 9.73 Å². The fourth-order valence-corrected chi connectivity index (χ4v) is 3.94. The summed E-state index contributed by atoms with van der Waals surface area (Å²) < 4.78 is 6.02. The molecule has 3 nitrogen and oxygen atoms in total. The van der Waals surface area contributed by atoms with Crippen molar-refractivity contribution >= 4 is 11.6 Å². The van der Waals surface area contributed by atoms with Crippen molar-refractivity contribution in [2.24, 2.45) is 0 Å². The van der Waals surface area contributed by atoms with E-state index in [4.69, 9.17) is 16.0 Å². The average Bonchev–Trinajstić information content (AvgIpc) is 3.19. The highest BCUT2D eigenvalue weighted by Crippen LogP contribution is 2.27. The van der Waals surface area contributed by atoms with Crippen LogP contribution in [0.4, 0.5) is 0 Å². The number of nitrogens with zero attached hydrogens (tertiary/aromatic N) is 1. The standard InChI is InChI=1S/C24H27ClN2O/c1-18-7-8-20(15-23(18)25)24-10-9-22(28-24)16-26-21-11-13-27(14-12-21)17-19-5-3-2-4-6-19/h2-10,15,21,26H,11-14,16-17H2,1H3. The predicted octanol–water partition coefficient (Wildman–Crippen LogP) is 5.66. The van der Waals surface area contributed by atoms with Crippen molar-refractivity contribution in [3.8, 4) is 11.3 Å². The molecule has 0 spiro atoms. The number of benzene rings is 2. The summed E-state index contributed by atoms with van der Waals surface area (Å²) in [5.41, 5.74) is 3.50. The first kappa shape index (κ1) is 19.3. The summed E-state index contributed by atoms with van der Waals surface area (Å²) in [6.45, 7) is 6.10. The van der Waals surface area contributed by atoms with Gasteiger partial charge in [0.1, 0.15) is 11.5 Å². The van der Waals surface area contributed by atoms with Gasteiger partial charge in [0.15, 0.2) is 0 Å². The lowest BCUT2D eigenvalue weighted by Crippen LogP contribution is -2.41. The molecule has 3 aromatic rings. The van der Waals surface area contributed by atoms with Crippen LogP contribution in [0.15, 0.2) is 65.1 Å². The van der Waals surface area contributed by atoms with E-state index in [9.17, 15) is 0 Å². The van der Waals surface area contributed by atoms with Crippen molar-refractivity contribution in [3.05, 3.63) is 82.6 Å². The maximum atomic E-state index is 6.24. The van der Waals surface area contributed by atoms with E-state index in [-0.39, 0.29) is 0 Å². The minimum atomic E-state index is 0.550. The first-order valence-corrected chi connectivity index (χ1v) is 10.4. The fourth-order valence-electron chi connectivity index (χ4n) is 3.76. The van der Waals surface area contributed by atoms with E-state index >= 15 is 0 Å². The second-order valence-electron chi connectivity index (χ2n) is 7.65. The van der Waals surface area contributed by atoms with Crippen LogP contribution in [0.1, 0.15) is 29.7 Å². The lowest BCUT2D eigenvalue weighted by atomic mass is 10.0. The van der Waals surface area contributed by atoms with Crippen LogP contribution >= 0.6 is 11.6 Å². The Morgan fingerprint density at radius 1 is 1.04 bits per heavy atom. The van der Waals surface area contributed by atoms with E-state index in [0.717, 1.165) is 53.8 Å². The average molecular weight is 395 g/mol. The van der Waals surface area contributed by atoms with Crippen LogP contribution in [0.25, 0.3) is 11.3 Å². The Balaban J connectivity index is 1.25. The normalized spacial score (nSPS) is 15.8. The Morgan fingerprint density at radius 2 is 1.82 bits per heavy atom. The van der Waals surface area contributed by atoms with Gasteiger partial charge >= 0.3 is 0 Å². The summed E-state index contributed by atoms with van der Waals surface area (Å²) in [5, 5.41) is 4.44. The Bertz CT molecular complexity index is 898. The molecule has 1 saturated heterocycles. The van der Waals surface area contributed by atoms with Crippen LogP contribution in [0, 0.1) is 6.92 Å². The number of likely N-dealkylation sites (tertiary alicyclic amines) is 1. The molecule has 1 aliphatic rings. The Morgan fingerprint density at radius 3 is 2.57 bits per heavy atom. The predicted molar refractivity (Wildman–Crippen MR) is 115 cm³/mol. The second-order valence-corrected chi connectivity index (χ2v) is 8.05. The van der Waals surface area contributed by atoms with Gasteiger partial charge in [-0.25, -0.2) is 0 Å². The highest BCUT2D eigenvalue weighted by molar-refractivity contribution is 6.31. The highest BCUT2D eigenvalue weighted by Gasteiger charge is 2.19. The van der Waals surface area contributed by atoms with E-state index in [2.05, 4.69) is 52.7 Å². The Labute approximate surface area is 172 Å². The molecule has 1 aliphatic heterocycles. The van der Waals surface area contributed by atoms with Gasteiger partial charge in [0.05, 0.1) is 6.54 Å². The summed E-state index contributed by atoms with van der Waals surface area (Å²) in [6.07, 6.45) is 2.35.